The smallest absolute Gasteiger partial charge is 0.342 e. The van der Waals surface area contributed by atoms with Crippen molar-refractivity contribution in [3.05, 3.63) is 70.9 Å². The zero-order chi connectivity index (χ0) is 24.9. The van der Waals surface area contributed by atoms with Crippen molar-refractivity contribution in [3.63, 3.8) is 0 Å². The van der Waals surface area contributed by atoms with Gasteiger partial charge in [0.15, 0.2) is 18.1 Å². The average molecular weight is 479 g/mol. The van der Waals surface area contributed by atoms with Crippen molar-refractivity contribution < 1.29 is 28.2 Å². The Kier molecular flexibility index (Phi) is 7.00. The van der Waals surface area contributed by atoms with Crippen molar-refractivity contribution in [2.45, 2.75) is 27.0 Å². The lowest BCUT2D eigenvalue weighted by Crippen LogP contribution is -2.09. The number of methoxy groups -OCH3 is 3. The first-order valence-corrected chi connectivity index (χ1v) is 10.8. The zero-order valence-electron chi connectivity index (χ0n) is 20.2. The van der Waals surface area contributed by atoms with E-state index in [0.717, 1.165) is 11.3 Å². The lowest BCUT2D eigenvalue weighted by atomic mass is 10.2. The van der Waals surface area contributed by atoms with Crippen LogP contribution in [0.4, 0.5) is 0 Å². The molecule has 10 heteroatoms. The average Bonchev–Trinajstić information content (AvgIpc) is 3.46. The quantitative estimate of drug-likeness (QED) is 0.330. The van der Waals surface area contributed by atoms with Gasteiger partial charge in [0.05, 0.1) is 39.3 Å². The number of rotatable bonds is 9. The predicted molar refractivity (Wildman–Crippen MR) is 126 cm³/mol. The Morgan fingerprint density at radius 3 is 2.29 bits per heavy atom. The van der Waals surface area contributed by atoms with Crippen molar-refractivity contribution >= 4 is 5.97 Å². The van der Waals surface area contributed by atoms with Crippen LogP contribution in [-0.4, -0.2) is 47.3 Å². The first kappa shape index (κ1) is 23.8. The summed E-state index contributed by atoms with van der Waals surface area (Å²) >= 11 is 0. The van der Waals surface area contributed by atoms with Gasteiger partial charge in [-0.2, -0.15) is 5.10 Å². The normalized spacial score (nSPS) is 10.8. The van der Waals surface area contributed by atoms with Crippen molar-refractivity contribution in [1.29, 1.82) is 0 Å². The Hall–Kier alpha value is -4.34. The molecule has 4 aromatic rings. The van der Waals surface area contributed by atoms with Gasteiger partial charge < -0.3 is 23.4 Å². The maximum Gasteiger partial charge on any atom is 0.342 e. The molecule has 2 aromatic carbocycles. The van der Waals surface area contributed by atoms with Crippen molar-refractivity contribution in [3.8, 4) is 28.7 Å². The number of nitrogens with zero attached hydrogens (tertiary/aromatic N) is 4. The van der Waals surface area contributed by atoms with Crippen molar-refractivity contribution in [2.24, 2.45) is 0 Å². The minimum absolute atomic E-state index is 0.147. The fourth-order valence-corrected chi connectivity index (χ4v) is 3.74. The Bertz CT molecular complexity index is 1300. The predicted octanol–water partition coefficient (Wildman–Crippen LogP) is 3.98. The summed E-state index contributed by atoms with van der Waals surface area (Å²) < 4.78 is 29.0. The number of carbonyl (C=O) groups is 1. The Labute approximate surface area is 202 Å². The first-order valence-electron chi connectivity index (χ1n) is 10.8. The van der Waals surface area contributed by atoms with Crippen LogP contribution in [0.2, 0.25) is 0 Å². The van der Waals surface area contributed by atoms with E-state index in [-0.39, 0.29) is 18.4 Å². The number of aryl methyl sites for hydroxylation is 1. The third-order valence-corrected chi connectivity index (χ3v) is 5.47. The molecule has 0 saturated heterocycles. The zero-order valence-corrected chi connectivity index (χ0v) is 20.2. The third-order valence-electron chi connectivity index (χ3n) is 5.47. The van der Waals surface area contributed by atoms with E-state index in [2.05, 4.69) is 15.3 Å². The van der Waals surface area contributed by atoms with E-state index in [1.165, 1.54) is 21.3 Å². The molecule has 4 rings (SSSR count). The second kappa shape index (κ2) is 10.3. The molecule has 182 valence electrons. The highest BCUT2D eigenvalue weighted by Crippen LogP contribution is 2.40. The Balaban J connectivity index is 1.47. The van der Waals surface area contributed by atoms with E-state index in [9.17, 15) is 4.79 Å². The van der Waals surface area contributed by atoms with Crippen molar-refractivity contribution in [2.75, 3.05) is 21.3 Å². The minimum atomic E-state index is -0.508. The highest BCUT2D eigenvalue weighted by Gasteiger charge is 2.22. The van der Waals surface area contributed by atoms with Gasteiger partial charge in [-0.3, -0.25) is 4.68 Å². The summed E-state index contributed by atoms with van der Waals surface area (Å²) in [5.74, 6) is 1.21. The summed E-state index contributed by atoms with van der Waals surface area (Å²) in [5, 5.41) is 12.5. The van der Waals surface area contributed by atoms with E-state index >= 15 is 0 Å². The van der Waals surface area contributed by atoms with Crippen LogP contribution in [0, 0.1) is 13.8 Å². The van der Waals surface area contributed by atoms with E-state index in [1.54, 1.807) is 23.7 Å². The Morgan fingerprint density at radius 2 is 1.66 bits per heavy atom. The standard InChI is InChI=1S/C25H26N4O6/c1-15-22(16(2)29(28-15)13-17-9-7-6-8-10-17)25(30)34-14-21-26-27-24(35-21)18-11-19(31-3)23(33-5)20(12-18)32-4/h6-12H,13-14H2,1-5H3. The molecular formula is C25H26N4O6. The van der Waals surface area contributed by atoms with E-state index in [1.807, 2.05) is 37.3 Å². The molecule has 10 nitrogen and oxygen atoms in total. The first-order chi connectivity index (χ1) is 16.9. The number of hydrogen-bond donors (Lipinski definition) is 0. The van der Waals surface area contributed by atoms with Gasteiger partial charge in [-0.05, 0) is 31.5 Å². The fraction of sp³-hybridized carbons (Fsp3) is 0.280. The highest BCUT2D eigenvalue weighted by atomic mass is 16.5. The van der Waals surface area contributed by atoms with E-state index < -0.39 is 5.97 Å². The molecule has 0 fully saturated rings. The van der Waals surface area contributed by atoms with Gasteiger partial charge in [0.1, 0.15) is 5.56 Å². The number of carbonyl (C=O) groups excluding carboxylic acids is 1. The molecule has 0 amide bonds. The van der Waals surface area contributed by atoms with Crippen LogP contribution in [0.25, 0.3) is 11.5 Å². The summed E-state index contributed by atoms with van der Waals surface area (Å²) in [6.07, 6.45) is 0. The van der Waals surface area contributed by atoms with Crippen LogP contribution >= 0.6 is 0 Å². The number of esters is 1. The van der Waals surface area contributed by atoms with Gasteiger partial charge >= 0.3 is 5.97 Å². The SMILES string of the molecule is COc1cc(-c2nnc(COC(=O)c3c(C)nn(Cc4ccccc4)c3C)o2)cc(OC)c1OC. The largest absolute Gasteiger partial charge is 0.493 e. The van der Waals surface area contributed by atoms with Gasteiger partial charge in [0.2, 0.25) is 11.6 Å². The molecule has 0 aliphatic heterocycles. The third kappa shape index (κ3) is 4.96. The number of hydrogen-bond acceptors (Lipinski definition) is 9. The number of aromatic nitrogens is 4. The topological polar surface area (TPSA) is 111 Å². The van der Waals surface area contributed by atoms with Crippen LogP contribution in [-0.2, 0) is 17.9 Å². The monoisotopic (exact) mass is 478 g/mol. The second-order valence-corrected chi connectivity index (χ2v) is 7.68. The molecule has 0 bridgehead atoms. The molecule has 2 aromatic heterocycles. The van der Waals surface area contributed by atoms with Gasteiger partial charge in [-0.1, -0.05) is 30.3 Å². The molecule has 0 unspecified atom stereocenters. The van der Waals surface area contributed by atoms with Gasteiger partial charge in [-0.25, -0.2) is 4.79 Å². The highest BCUT2D eigenvalue weighted by molar-refractivity contribution is 5.91. The molecule has 0 aliphatic rings. The molecule has 2 heterocycles. The van der Waals surface area contributed by atoms with Crippen LogP contribution in [0.3, 0.4) is 0 Å². The second-order valence-electron chi connectivity index (χ2n) is 7.68. The molecule has 0 saturated carbocycles. The fourth-order valence-electron chi connectivity index (χ4n) is 3.74. The molecule has 0 atom stereocenters. The molecule has 0 radical (unpaired) electrons. The van der Waals surface area contributed by atoms with E-state index in [0.29, 0.717) is 40.6 Å². The lowest BCUT2D eigenvalue weighted by Gasteiger charge is -2.12. The van der Waals surface area contributed by atoms with Crippen LogP contribution < -0.4 is 14.2 Å². The number of benzene rings is 2. The number of ether oxygens (including phenoxy) is 4. The maximum absolute atomic E-state index is 12.8. The Morgan fingerprint density at radius 1 is 0.971 bits per heavy atom. The van der Waals surface area contributed by atoms with Crippen LogP contribution in [0.1, 0.15) is 33.2 Å². The summed E-state index contributed by atoms with van der Waals surface area (Å²) in [6, 6.07) is 13.3. The molecule has 0 spiro atoms. The van der Waals surface area contributed by atoms with Crippen LogP contribution in [0.5, 0.6) is 17.2 Å². The summed E-state index contributed by atoms with van der Waals surface area (Å²) in [5.41, 5.74) is 3.39. The van der Waals surface area contributed by atoms with Gasteiger partial charge in [-0.15, -0.1) is 10.2 Å². The maximum atomic E-state index is 12.8. The summed E-state index contributed by atoms with van der Waals surface area (Å²) in [7, 11) is 4.56. The lowest BCUT2D eigenvalue weighted by molar-refractivity contribution is 0.0437. The summed E-state index contributed by atoms with van der Waals surface area (Å²) in [4.78, 5) is 12.8. The molecule has 0 aliphatic carbocycles. The van der Waals surface area contributed by atoms with E-state index in [4.69, 9.17) is 23.4 Å². The summed E-state index contributed by atoms with van der Waals surface area (Å²) in [6.45, 7) is 4.00. The molecule has 35 heavy (non-hydrogen) atoms. The molecule has 0 N–H and O–H groups in total. The molecular weight excluding hydrogens is 452 g/mol. The van der Waals surface area contributed by atoms with Gasteiger partial charge in [0.25, 0.3) is 5.89 Å². The van der Waals surface area contributed by atoms with Crippen molar-refractivity contribution in [1.82, 2.24) is 20.0 Å². The minimum Gasteiger partial charge on any atom is -0.493 e. The van der Waals surface area contributed by atoms with Gasteiger partial charge in [0, 0.05) is 5.56 Å². The van der Waals surface area contributed by atoms with Crippen LogP contribution in [0.15, 0.2) is 46.9 Å².